The molecular formula is CH10AlAsInO2Sb. The Morgan fingerprint density at radius 1 is 1.71 bits per heavy atom. The van der Waals surface area contributed by atoms with Gasteiger partial charge in [-0.05, 0) is 0 Å². The predicted molar refractivity (Wildman–Crippen MR) is 43.6 cm³/mol. The molecule has 0 saturated carbocycles. The summed E-state index contributed by atoms with van der Waals surface area (Å²) in [6, 6.07) is 0. The van der Waals surface area contributed by atoms with Gasteiger partial charge in [0, 0.05) is 0 Å². The average Bonchev–Trinajstić information content (AvgIpc) is 1.38. The van der Waals surface area contributed by atoms with Crippen molar-refractivity contribution < 1.29 is 9.90 Å². The van der Waals surface area contributed by atoms with Gasteiger partial charge in [-0.2, -0.15) is 0 Å². The Hall–Kier alpha value is 2.25. The third-order valence-corrected chi connectivity index (χ3v) is 4.30. The minimum atomic E-state index is -0.563. The number of rotatable bonds is 1. The van der Waals surface area contributed by atoms with Crippen LogP contribution >= 0.6 is 0 Å². The van der Waals surface area contributed by atoms with Crippen molar-refractivity contribution >= 4 is 80.8 Å². The van der Waals surface area contributed by atoms with Crippen molar-refractivity contribution in [3.05, 3.63) is 0 Å². The summed E-state index contributed by atoms with van der Waals surface area (Å²) in [6.07, 6.45) is 0. The molecule has 0 radical (unpaired) electrons. The second-order valence-electron chi connectivity index (χ2n) is 0.449. The Kier molecular flexibility index (Phi) is 25.6. The van der Waals surface area contributed by atoms with Crippen LogP contribution in [0.4, 0.5) is 4.79 Å². The maximum absolute atomic E-state index is 9.46. The molecule has 0 aromatic carbocycles. The topological polar surface area (TPSA) is 37.3 Å². The summed E-state index contributed by atoms with van der Waals surface area (Å²) >= 11 is 0.443. The first-order valence-electron chi connectivity index (χ1n) is 0.966. The van der Waals surface area contributed by atoms with Crippen molar-refractivity contribution in [3.63, 3.8) is 0 Å². The first kappa shape index (κ1) is 16.1. The summed E-state index contributed by atoms with van der Waals surface area (Å²) in [5, 5.41) is 7.81. The van der Waals surface area contributed by atoms with E-state index in [1.54, 1.807) is 0 Å². The van der Waals surface area contributed by atoms with Crippen LogP contribution in [0.25, 0.3) is 0 Å². The Morgan fingerprint density at radius 2 is 1.86 bits per heavy atom. The van der Waals surface area contributed by atoms with Gasteiger partial charge in [-0.25, -0.2) is 0 Å². The van der Waals surface area contributed by atoms with Crippen LogP contribution in [0.3, 0.4) is 0 Å². The van der Waals surface area contributed by atoms with Crippen LogP contribution in [0.2, 0.25) is 0 Å². The van der Waals surface area contributed by atoms with E-state index < -0.39 is 17.1 Å². The van der Waals surface area contributed by atoms with Crippen LogP contribution in [0.1, 0.15) is 0 Å². The fraction of sp³-hybridized carbons (Fsp3) is 0. The van der Waals surface area contributed by atoms with Gasteiger partial charge in [-0.15, -0.1) is 0 Å². The number of carboxylic acid groups (broad SMARTS) is 1. The first-order valence-corrected chi connectivity index (χ1v) is 11.8. The van der Waals surface area contributed by atoms with Crippen molar-refractivity contribution in [2.45, 2.75) is 0 Å². The fourth-order valence-corrected chi connectivity index (χ4v) is 0. The molecule has 0 aliphatic rings. The van der Waals surface area contributed by atoms with Crippen molar-refractivity contribution in [3.8, 4) is 0 Å². The van der Waals surface area contributed by atoms with E-state index in [4.69, 9.17) is 5.11 Å². The standard InChI is InChI=1S/CH2AsO2.Al.In.Sb.8H/c2-1(3)4;;;;;;;;;;;/h2H,(H,3,4);;;;;;;;;;;/q-1;;;+1;;;;;;;;. The quantitative estimate of drug-likeness (QED) is 0.466. The third kappa shape index (κ3) is 17.8. The van der Waals surface area contributed by atoms with Crippen LogP contribution in [0.5, 0.6) is 0 Å². The van der Waals surface area contributed by atoms with Gasteiger partial charge in [-0.3, -0.25) is 0 Å². The normalized spacial score (nSPS) is 7.00. The van der Waals surface area contributed by atoms with Crippen molar-refractivity contribution in [2.24, 2.45) is 0 Å². The molecule has 7 heavy (non-hydrogen) atoms. The zero-order valence-electron chi connectivity index (χ0n) is 2.43. The van der Waals surface area contributed by atoms with Gasteiger partial charge in [-0.1, -0.05) is 0 Å². The van der Waals surface area contributed by atoms with E-state index in [2.05, 4.69) is 0 Å². The summed E-state index contributed by atoms with van der Waals surface area (Å²) in [4.78, 5) is 9.46. The van der Waals surface area contributed by atoms with Crippen molar-refractivity contribution in [2.75, 3.05) is 0 Å². The molecular weight excluding hydrogens is 382 g/mol. The van der Waals surface area contributed by atoms with E-state index in [1.165, 1.54) is 0 Å². The van der Waals surface area contributed by atoms with Gasteiger partial charge in [0.05, 0.1) is 0 Å². The van der Waals surface area contributed by atoms with E-state index in [1.807, 2.05) is 0 Å². The molecule has 6 heteroatoms. The summed E-state index contributed by atoms with van der Waals surface area (Å²) in [5.41, 5.74) is 0. The van der Waals surface area contributed by atoms with Crippen molar-refractivity contribution in [1.82, 2.24) is 0 Å². The third-order valence-electron chi connectivity index (χ3n) is 0.123. The molecule has 0 rings (SSSR count). The molecule has 0 spiro atoms. The van der Waals surface area contributed by atoms with Gasteiger partial charge in [0.25, 0.3) is 0 Å². The molecule has 0 fully saturated rings. The van der Waals surface area contributed by atoms with Crippen LogP contribution in [0, 0.1) is 0 Å². The summed E-state index contributed by atoms with van der Waals surface area (Å²) in [6.45, 7) is 0. The second kappa shape index (κ2) is 11.1. The number of carbonyl (C=O) groups is 1. The van der Waals surface area contributed by atoms with Gasteiger partial charge in [0.1, 0.15) is 0 Å². The second-order valence-corrected chi connectivity index (χ2v) is 6.23. The molecule has 0 saturated heterocycles. The van der Waals surface area contributed by atoms with Crippen LogP contribution < -0.4 is 0 Å². The predicted octanol–water partition coefficient (Wildman–Crippen LogP) is -3.72. The maximum atomic E-state index is 9.46. The molecule has 42 valence electrons. The van der Waals surface area contributed by atoms with E-state index in [-0.39, 0.29) is 43.2 Å². The molecule has 1 atom stereocenters. The Balaban J connectivity index is -0.0000000800. The van der Waals surface area contributed by atoms with Gasteiger partial charge in [0.15, 0.2) is 17.4 Å². The minimum absolute atomic E-state index is 0. The summed E-state index contributed by atoms with van der Waals surface area (Å²) in [7, 11) is 0. The number of hydrogen-bond donors (Lipinski definition) is 1. The monoisotopic (exact) mass is 392 g/mol. The zero-order valence-corrected chi connectivity index (χ0v) is 7.83. The fourth-order valence-electron chi connectivity index (χ4n) is 0. The first-order chi connectivity index (χ1) is 2.27. The van der Waals surface area contributed by atoms with Crippen LogP contribution in [-0.2, 0) is 0 Å². The number of hydrogen-bond acceptors (Lipinski definition) is 1. The van der Waals surface area contributed by atoms with E-state index >= 15 is 0 Å². The molecule has 1 unspecified atom stereocenters. The molecule has 0 aliphatic carbocycles. The molecule has 0 bridgehead atoms. The van der Waals surface area contributed by atoms with E-state index in [9.17, 15) is 4.79 Å². The SMILES string of the molecule is O=C(O)[AsH][SbH2].[AlH3].[InH3]. The molecule has 0 heterocycles. The molecule has 0 amide bonds. The molecule has 0 aromatic rings. The Morgan fingerprint density at radius 3 is 1.86 bits per heavy atom. The molecule has 0 aromatic heterocycles. The molecule has 2 nitrogen and oxygen atoms in total. The van der Waals surface area contributed by atoms with E-state index in [0.717, 1.165) is 20.5 Å². The van der Waals surface area contributed by atoms with E-state index in [0.29, 0.717) is 0 Å². The van der Waals surface area contributed by atoms with Gasteiger partial charge < -0.3 is 0 Å². The van der Waals surface area contributed by atoms with Crippen LogP contribution in [-0.4, -0.2) is 85.9 Å². The molecule has 0 aliphatic heterocycles. The van der Waals surface area contributed by atoms with Gasteiger partial charge >= 0.3 is 73.3 Å². The van der Waals surface area contributed by atoms with Crippen LogP contribution in [0.15, 0.2) is 0 Å². The zero-order chi connectivity index (χ0) is 4.28. The van der Waals surface area contributed by atoms with Crippen molar-refractivity contribution in [1.29, 1.82) is 0 Å². The average molecular weight is 393 g/mol. The summed E-state index contributed by atoms with van der Waals surface area (Å²) in [5.74, 6) is 0. The molecule has 1 N–H and O–H groups in total. The Bertz CT molecular complexity index is 53.0. The Labute approximate surface area is 89.2 Å². The van der Waals surface area contributed by atoms with Gasteiger partial charge in [0.2, 0.25) is 0 Å². The summed E-state index contributed by atoms with van der Waals surface area (Å²) < 4.78 is -0.563.